The van der Waals surface area contributed by atoms with E-state index in [0.29, 0.717) is 19.3 Å². The van der Waals surface area contributed by atoms with Gasteiger partial charge in [0.1, 0.15) is 36.6 Å². The molecule has 9 atom stereocenters. The first-order chi connectivity index (χ1) is 22.2. The molecule has 1 fully saturated rings. The summed E-state index contributed by atoms with van der Waals surface area (Å²) in [5.41, 5.74) is 0. The van der Waals surface area contributed by atoms with E-state index in [4.69, 9.17) is 9.47 Å². The Hall–Kier alpha value is -0.890. The minimum Gasteiger partial charge on any atom is -0.394 e. The van der Waals surface area contributed by atoms with Crippen LogP contribution in [0.25, 0.3) is 0 Å². The zero-order valence-electron chi connectivity index (χ0n) is 28.8. The third-order valence-corrected chi connectivity index (χ3v) is 9.16. The van der Waals surface area contributed by atoms with Crippen LogP contribution < -0.4 is 5.32 Å². The van der Waals surface area contributed by atoms with E-state index in [-0.39, 0.29) is 6.42 Å². The second-order valence-corrected chi connectivity index (χ2v) is 13.3. The maximum absolute atomic E-state index is 12.9. The first-order valence-electron chi connectivity index (χ1n) is 18.4. The number of amides is 1. The van der Waals surface area contributed by atoms with Gasteiger partial charge in [-0.05, 0) is 12.8 Å². The second-order valence-electron chi connectivity index (χ2n) is 13.3. The number of carbonyl (C=O) groups is 1. The Morgan fingerprint density at radius 2 is 1.13 bits per heavy atom. The zero-order chi connectivity index (χ0) is 34.2. The molecule has 1 heterocycles. The van der Waals surface area contributed by atoms with Gasteiger partial charge in [0, 0.05) is 0 Å². The number of aliphatic hydroxyl groups is 7. The topological polar surface area (TPSA) is 189 Å². The Labute approximate surface area is 278 Å². The first kappa shape index (κ1) is 43.1. The van der Waals surface area contributed by atoms with Gasteiger partial charge in [0.2, 0.25) is 5.91 Å². The van der Waals surface area contributed by atoms with Crippen molar-refractivity contribution < 1.29 is 50.0 Å². The lowest BCUT2D eigenvalue weighted by Crippen LogP contribution is -2.60. The van der Waals surface area contributed by atoms with Crippen LogP contribution in [0.5, 0.6) is 0 Å². The van der Waals surface area contributed by atoms with E-state index in [1.54, 1.807) is 0 Å². The Balaban J connectivity index is 2.62. The summed E-state index contributed by atoms with van der Waals surface area (Å²) >= 11 is 0. The normalized spacial score (nSPS) is 24.4. The minimum atomic E-state index is -1.65. The molecule has 1 rings (SSSR count). The van der Waals surface area contributed by atoms with E-state index < -0.39 is 74.2 Å². The summed E-state index contributed by atoms with van der Waals surface area (Å²) in [5, 5.41) is 74.9. The van der Waals surface area contributed by atoms with E-state index in [9.17, 15) is 40.5 Å². The number of carbonyl (C=O) groups excluding carboxylic acids is 1. The van der Waals surface area contributed by atoms with E-state index in [2.05, 4.69) is 19.2 Å². The van der Waals surface area contributed by atoms with E-state index in [0.717, 1.165) is 38.5 Å². The van der Waals surface area contributed by atoms with Crippen molar-refractivity contribution in [3.63, 3.8) is 0 Å². The molecule has 1 aliphatic heterocycles. The molecule has 0 radical (unpaired) electrons. The predicted octanol–water partition coefficient (Wildman–Crippen LogP) is 3.60. The molecule has 11 heteroatoms. The van der Waals surface area contributed by atoms with Crippen LogP contribution in [0.3, 0.4) is 0 Å². The highest BCUT2D eigenvalue weighted by molar-refractivity contribution is 5.80. The smallest absolute Gasteiger partial charge is 0.249 e. The fourth-order valence-corrected chi connectivity index (χ4v) is 5.97. The summed E-state index contributed by atoms with van der Waals surface area (Å²) in [6, 6.07) is -1.16. The number of unbranched alkanes of at least 4 members (excludes halogenated alkanes) is 17. The maximum atomic E-state index is 12.9. The Kier molecular flexibility index (Phi) is 25.3. The molecule has 9 unspecified atom stereocenters. The lowest BCUT2D eigenvalue weighted by Gasteiger charge is -2.40. The van der Waals surface area contributed by atoms with E-state index in [1.165, 1.54) is 70.6 Å². The molecule has 0 bridgehead atoms. The van der Waals surface area contributed by atoms with Gasteiger partial charge in [-0.1, -0.05) is 136 Å². The Morgan fingerprint density at radius 1 is 0.674 bits per heavy atom. The third kappa shape index (κ3) is 18.0. The highest BCUT2D eigenvalue weighted by Gasteiger charge is 2.44. The molecule has 8 N–H and O–H groups in total. The maximum Gasteiger partial charge on any atom is 0.249 e. The van der Waals surface area contributed by atoms with E-state index >= 15 is 0 Å². The summed E-state index contributed by atoms with van der Waals surface area (Å²) < 4.78 is 11.0. The zero-order valence-corrected chi connectivity index (χ0v) is 28.8. The van der Waals surface area contributed by atoms with Crippen molar-refractivity contribution >= 4 is 5.91 Å². The molecule has 0 aromatic heterocycles. The number of rotatable bonds is 29. The molecule has 274 valence electrons. The van der Waals surface area contributed by atoms with Crippen molar-refractivity contribution in [1.29, 1.82) is 0 Å². The number of hydrogen-bond acceptors (Lipinski definition) is 10. The monoisotopic (exact) mass is 663 g/mol. The van der Waals surface area contributed by atoms with Gasteiger partial charge in [-0.15, -0.1) is 0 Å². The number of aliphatic hydroxyl groups excluding tert-OH is 7. The lowest BCUT2D eigenvalue weighted by atomic mass is 9.98. The third-order valence-electron chi connectivity index (χ3n) is 9.16. The molecule has 1 aliphatic rings. The van der Waals surface area contributed by atoms with Crippen LogP contribution in [0.4, 0.5) is 0 Å². The van der Waals surface area contributed by atoms with Crippen LogP contribution in [0.2, 0.25) is 0 Å². The van der Waals surface area contributed by atoms with Crippen LogP contribution in [-0.2, 0) is 14.3 Å². The SMILES string of the molecule is CCCCCCCCCCCCC(O)C(O)C(COC1OC(CO)C(O)C(O)C1O)NC(=O)C(O)CCCCCCCCCCC. The molecule has 0 aliphatic carbocycles. The Morgan fingerprint density at radius 3 is 1.61 bits per heavy atom. The summed E-state index contributed by atoms with van der Waals surface area (Å²) in [6.07, 6.45) is 10.4. The molecule has 0 aromatic carbocycles. The van der Waals surface area contributed by atoms with Crippen molar-refractivity contribution in [1.82, 2.24) is 5.32 Å². The average Bonchev–Trinajstić information content (AvgIpc) is 3.05. The van der Waals surface area contributed by atoms with Gasteiger partial charge in [0.05, 0.1) is 25.4 Å². The van der Waals surface area contributed by atoms with Gasteiger partial charge >= 0.3 is 0 Å². The summed E-state index contributed by atoms with van der Waals surface area (Å²) in [5.74, 6) is -0.702. The van der Waals surface area contributed by atoms with Gasteiger partial charge < -0.3 is 50.5 Å². The first-order valence-corrected chi connectivity index (χ1v) is 18.4. The molecule has 1 amide bonds. The molecular formula is C35H69NO10. The molecule has 1 saturated heterocycles. The standard InChI is InChI=1S/C35H69NO10/c1-3-5-7-9-11-13-15-16-18-20-22-27(38)30(40)26(25-45-35-33(43)32(42)31(41)29(24-37)46-35)36-34(44)28(39)23-21-19-17-14-12-10-8-6-4-2/h26-33,35,37-43H,3-25H2,1-2H3,(H,36,44). The van der Waals surface area contributed by atoms with Gasteiger partial charge in [0.25, 0.3) is 0 Å². The summed E-state index contributed by atoms with van der Waals surface area (Å²) in [7, 11) is 0. The highest BCUT2D eigenvalue weighted by atomic mass is 16.7. The number of hydrogen-bond donors (Lipinski definition) is 8. The molecule has 0 spiro atoms. The van der Waals surface area contributed by atoms with Crippen molar-refractivity contribution in [2.45, 2.75) is 204 Å². The number of ether oxygens (including phenoxy) is 2. The predicted molar refractivity (Wildman–Crippen MR) is 178 cm³/mol. The van der Waals surface area contributed by atoms with E-state index in [1.807, 2.05) is 0 Å². The van der Waals surface area contributed by atoms with Gasteiger partial charge in [-0.2, -0.15) is 0 Å². The lowest BCUT2D eigenvalue weighted by molar-refractivity contribution is -0.303. The van der Waals surface area contributed by atoms with Gasteiger partial charge in [-0.25, -0.2) is 0 Å². The molecule has 46 heavy (non-hydrogen) atoms. The Bertz CT molecular complexity index is 729. The second kappa shape index (κ2) is 27.0. The van der Waals surface area contributed by atoms with Crippen LogP contribution >= 0.6 is 0 Å². The molecular weight excluding hydrogens is 594 g/mol. The van der Waals surface area contributed by atoms with Crippen LogP contribution in [0.1, 0.15) is 149 Å². The van der Waals surface area contributed by atoms with Crippen LogP contribution in [-0.4, -0.2) is 110 Å². The van der Waals surface area contributed by atoms with Crippen molar-refractivity contribution in [3.8, 4) is 0 Å². The summed E-state index contributed by atoms with van der Waals surface area (Å²) in [4.78, 5) is 12.9. The van der Waals surface area contributed by atoms with Crippen LogP contribution in [0.15, 0.2) is 0 Å². The van der Waals surface area contributed by atoms with Crippen molar-refractivity contribution in [2.75, 3.05) is 13.2 Å². The molecule has 0 aromatic rings. The molecule has 0 saturated carbocycles. The van der Waals surface area contributed by atoms with Crippen LogP contribution in [0, 0.1) is 0 Å². The fraction of sp³-hybridized carbons (Fsp3) is 0.971. The average molecular weight is 664 g/mol. The van der Waals surface area contributed by atoms with Crippen molar-refractivity contribution in [3.05, 3.63) is 0 Å². The van der Waals surface area contributed by atoms with Crippen molar-refractivity contribution in [2.24, 2.45) is 0 Å². The highest BCUT2D eigenvalue weighted by Crippen LogP contribution is 2.23. The summed E-state index contributed by atoms with van der Waals surface area (Å²) in [6.45, 7) is 3.35. The number of nitrogens with one attached hydrogen (secondary N) is 1. The fourth-order valence-electron chi connectivity index (χ4n) is 5.97. The largest absolute Gasteiger partial charge is 0.394 e. The minimum absolute atomic E-state index is 0.263. The quantitative estimate of drug-likeness (QED) is 0.0549. The van der Waals surface area contributed by atoms with Gasteiger partial charge in [-0.3, -0.25) is 4.79 Å². The molecule has 11 nitrogen and oxygen atoms in total. The van der Waals surface area contributed by atoms with Gasteiger partial charge in [0.15, 0.2) is 6.29 Å².